The lowest BCUT2D eigenvalue weighted by Crippen LogP contribution is -2.27. The van der Waals surface area contributed by atoms with E-state index in [1.807, 2.05) is 0 Å². The first kappa shape index (κ1) is 22.3. The Morgan fingerprint density at radius 1 is 1.04 bits per heavy atom. The maximum Gasteiger partial charge on any atom is 0.241 e. The SMILES string of the molecule is COCCOc1ccc(S(=O)(=O)NC(C)c2cccc(S(N)(=O)=O)c2)cc1C. The lowest BCUT2D eigenvalue weighted by Gasteiger charge is -2.16. The molecule has 0 spiro atoms. The lowest BCUT2D eigenvalue weighted by molar-refractivity contribution is 0.146. The molecular formula is C18H24N2O6S2. The largest absolute Gasteiger partial charge is 0.491 e. The Labute approximate surface area is 165 Å². The fourth-order valence-electron chi connectivity index (χ4n) is 2.52. The van der Waals surface area contributed by atoms with Crippen molar-refractivity contribution < 1.29 is 26.3 Å². The third-order valence-electron chi connectivity index (χ3n) is 4.02. The fraction of sp³-hybridized carbons (Fsp3) is 0.333. The van der Waals surface area contributed by atoms with Gasteiger partial charge in [-0.2, -0.15) is 0 Å². The molecule has 8 nitrogen and oxygen atoms in total. The number of sulfonamides is 2. The molecule has 0 bridgehead atoms. The average Bonchev–Trinajstić information content (AvgIpc) is 2.62. The molecule has 0 aromatic heterocycles. The number of methoxy groups -OCH3 is 1. The number of aryl methyl sites for hydroxylation is 1. The van der Waals surface area contributed by atoms with E-state index < -0.39 is 26.1 Å². The Morgan fingerprint density at radius 3 is 2.36 bits per heavy atom. The van der Waals surface area contributed by atoms with Crippen LogP contribution in [0.4, 0.5) is 0 Å². The monoisotopic (exact) mass is 428 g/mol. The number of nitrogens with two attached hydrogens (primary N) is 1. The minimum atomic E-state index is -3.87. The van der Waals surface area contributed by atoms with E-state index >= 15 is 0 Å². The predicted octanol–water partition coefficient (Wildman–Crippen LogP) is 1.71. The van der Waals surface area contributed by atoms with Crippen LogP contribution >= 0.6 is 0 Å². The van der Waals surface area contributed by atoms with E-state index in [9.17, 15) is 16.8 Å². The fourth-order valence-corrected chi connectivity index (χ4v) is 4.40. The molecule has 0 amide bonds. The molecule has 3 N–H and O–H groups in total. The molecule has 2 rings (SSSR count). The minimum Gasteiger partial charge on any atom is -0.491 e. The van der Waals surface area contributed by atoms with Crippen LogP contribution in [0.3, 0.4) is 0 Å². The molecule has 0 aliphatic carbocycles. The minimum absolute atomic E-state index is 0.0792. The second-order valence-electron chi connectivity index (χ2n) is 6.23. The van der Waals surface area contributed by atoms with Gasteiger partial charge in [-0.25, -0.2) is 26.7 Å². The molecule has 2 aromatic carbocycles. The van der Waals surface area contributed by atoms with Gasteiger partial charge < -0.3 is 9.47 Å². The van der Waals surface area contributed by atoms with E-state index in [1.54, 1.807) is 33.1 Å². The first-order valence-electron chi connectivity index (χ1n) is 8.42. The van der Waals surface area contributed by atoms with E-state index in [2.05, 4.69) is 4.72 Å². The Balaban J connectivity index is 2.20. The lowest BCUT2D eigenvalue weighted by atomic mass is 10.1. The van der Waals surface area contributed by atoms with Gasteiger partial charge in [0.15, 0.2) is 0 Å². The summed E-state index contributed by atoms with van der Waals surface area (Å²) in [6, 6.07) is 9.72. The zero-order chi connectivity index (χ0) is 20.9. The molecule has 1 unspecified atom stereocenters. The highest BCUT2D eigenvalue weighted by Crippen LogP contribution is 2.24. The second-order valence-corrected chi connectivity index (χ2v) is 9.50. The van der Waals surface area contributed by atoms with Gasteiger partial charge in [-0.3, -0.25) is 0 Å². The topological polar surface area (TPSA) is 125 Å². The van der Waals surface area contributed by atoms with Crippen LogP contribution in [0.2, 0.25) is 0 Å². The van der Waals surface area contributed by atoms with Crippen molar-refractivity contribution in [1.29, 1.82) is 0 Å². The zero-order valence-electron chi connectivity index (χ0n) is 15.9. The molecule has 0 saturated heterocycles. The van der Waals surface area contributed by atoms with E-state index in [0.29, 0.717) is 30.1 Å². The molecule has 2 aromatic rings. The summed E-state index contributed by atoms with van der Waals surface area (Å²) in [6.45, 7) is 4.16. The molecule has 0 heterocycles. The summed E-state index contributed by atoms with van der Waals surface area (Å²) < 4.78 is 61.4. The van der Waals surface area contributed by atoms with Crippen LogP contribution in [0.5, 0.6) is 5.75 Å². The Kier molecular flexibility index (Phi) is 7.18. The standard InChI is InChI=1S/C18H24N2O6S2/c1-13-11-17(7-8-18(13)26-10-9-25-3)28(23,24)20-14(2)15-5-4-6-16(12-15)27(19,21)22/h4-8,11-12,14,20H,9-10H2,1-3H3,(H2,19,21,22). The molecule has 0 aliphatic heterocycles. The summed E-state index contributed by atoms with van der Waals surface area (Å²) in [5.41, 5.74) is 1.15. The summed E-state index contributed by atoms with van der Waals surface area (Å²) in [7, 11) is -6.14. The highest BCUT2D eigenvalue weighted by molar-refractivity contribution is 7.89. The number of ether oxygens (including phenoxy) is 2. The number of rotatable bonds is 9. The summed E-state index contributed by atoms with van der Waals surface area (Å²) >= 11 is 0. The molecule has 0 fully saturated rings. The molecule has 154 valence electrons. The van der Waals surface area contributed by atoms with Crippen molar-refractivity contribution in [3.8, 4) is 5.75 Å². The van der Waals surface area contributed by atoms with Crippen LogP contribution in [0.1, 0.15) is 24.1 Å². The molecule has 28 heavy (non-hydrogen) atoms. The normalized spacial score (nSPS) is 13.3. The van der Waals surface area contributed by atoms with Crippen molar-refractivity contribution in [2.45, 2.75) is 29.7 Å². The highest BCUT2D eigenvalue weighted by Gasteiger charge is 2.20. The van der Waals surface area contributed by atoms with Crippen LogP contribution in [0.15, 0.2) is 52.3 Å². The van der Waals surface area contributed by atoms with Crippen LogP contribution in [0.25, 0.3) is 0 Å². The molecule has 0 radical (unpaired) electrons. The van der Waals surface area contributed by atoms with Crippen LogP contribution in [0, 0.1) is 6.92 Å². The van der Waals surface area contributed by atoms with Crippen molar-refractivity contribution in [2.24, 2.45) is 5.14 Å². The van der Waals surface area contributed by atoms with E-state index in [-0.39, 0.29) is 9.79 Å². The Hall–Kier alpha value is -1.98. The number of primary sulfonamides is 1. The van der Waals surface area contributed by atoms with Crippen LogP contribution < -0.4 is 14.6 Å². The van der Waals surface area contributed by atoms with Gasteiger partial charge in [0.05, 0.1) is 16.4 Å². The first-order chi connectivity index (χ1) is 13.0. The van der Waals surface area contributed by atoms with Crippen LogP contribution in [-0.2, 0) is 24.8 Å². The number of benzene rings is 2. The second kappa shape index (κ2) is 9.01. The third kappa shape index (κ3) is 5.76. The van der Waals surface area contributed by atoms with Gasteiger partial charge in [-0.1, -0.05) is 12.1 Å². The molecular weight excluding hydrogens is 404 g/mol. The van der Waals surface area contributed by atoms with Gasteiger partial charge in [-0.05, 0) is 55.3 Å². The van der Waals surface area contributed by atoms with Crippen molar-refractivity contribution in [3.05, 3.63) is 53.6 Å². The van der Waals surface area contributed by atoms with Crippen molar-refractivity contribution in [2.75, 3.05) is 20.3 Å². The first-order valence-corrected chi connectivity index (χ1v) is 11.4. The maximum atomic E-state index is 12.7. The predicted molar refractivity (Wildman–Crippen MR) is 105 cm³/mol. The van der Waals surface area contributed by atoms with E-state index in [1.165, 1.54) is 30.3 Å². The van der Waals surface area contributed by atoms with Gasteiger partial charge in [0, 0.05) is 13.2 Å². The van der Waals surface area contributed by atoms with E-state index in [4.69, 9.17) is 14.6 Å². The summed E-state index contributed by atoms with van der Waals surface area (Å²) in [5.74, 6) is 0.574. The number of hydrogen-bond acceptors (Lipinski definition) is 6. The maximum absolute atomic E-state index is 12.7. The van der Waals surface area contributed by atoms with Gasteiger partial charge in [0.2, 0.25) is 20.0 Å². The number of nitrogens with one attached hydrogen (secondary N) is 1. The molecule has 0 saturated carbocycles. The smallest absolute Gasteiger partial charge is 0.241 e. The van der Waals surface area contributed by atoms with Gasteiger partial charge in [0.1, 0.15) is 12.4 Å². The van der Waals surface area contributed by atoms with Gasteiger partial charge >= 0.3 is 0 Å². The van der Waals surface area contributed by atoms with Crippen LogP contribution in [-0.4, -0.2) is 37.2 Å². The molecule has 10 heteroatoms. The van der Waals surface area contributed by atoms with Crippen molar-refractivity contribution >= 4 is 20.0 Å². The average molecular weight is 429 g/mol. The quantitative estimate of drug-likeness (QED) is 0.586. The highest BCUT2D eigenvalue weighted by atomic mass is 32.2. The Morgan fingerprint density at radius 2 is 1.75 bits per heavy atom. The van der Waals surface area contributed by atoms with Gasteiger partial charge in [0.25, 0.3) is 0 Å². The molecule has 0 aliphatic rings. The van der Waals surface area contributed by atoms with Crippen molar-refractivity contribution in [3.63, 3.8) is 0 Å². The summed E-state index contributed by atoms with van der Waals surface area (Å²) in [4.78, 5) is 0.00277. The third-order valence-corrected chi connectivity index (χ3v) is 6.47. The zero-order valence-corrected chi connectivity index (χ0v) is 17.5. The summed E-state index contributed by atoms with van der Waals surface area (Å²) in [5, 5.41) is 5.13. The van der Waals surface area contributed by atoms with Gasteiger partial charge in [-0.15, -0.1) is 0 Å². The molecule has 1 atom stereocenters. The summed E-state index contributed by atoms with van der Waals surface area (Å²) in [6.07, 6.45) is 0. The number of hydrogen-bond donors (Lipinski definition) is 2. The Bertz CT molecular complexity index is 1040. The van der Waals surface area contributed by atoms with E-state index in [0.717, 1.165) is 0 Å². The van der Waals surface area contributed by atoms with Crippen molar-refractivity contribution in [1.82, 2.24) is 4.72 Å².